The Labute approximate surface area is 87.5 Å². The van der Waals surface area contributed by atoms with Crippen LogP contribution in [-0.4, -0.2) is 58.2 Å². The molecule has 1 fully saturated rings. The van der Waals surface area contributed by atoms with Gasteiger partial charge in [-0.25, -0.2) is 4.57 Å². The van der Waals surface area contributed by atoms with Crippen molar-refractivity contribution in [2.45, 2.75) is 31.1 Å². The second kappa shape index (κ2) is 4.92. The number of aliphatic hydroxyl groups is 2. The number of aliphatic hydroxyl groups excluding tert-OH is 2. The lowest BCUT2D eigenvalue weighted by atomic mass is 9.72. The van der Waals surface area contributed by atoms with Crippen LogP contribution in [0.4, 0.5) is 0 Å². The van der Waals surface area contributed by atoms with Crippen molar-refractivity contribution in [1.82, 2.24) is 0 Å². The number of hydrogen-bond donors (Lipinski definition) is 4. The first-order chi connectivity index (χ1) is 6.85. The first-order valence-corrected chi connectivity index (χ1v) is 6.10. The Morgan fingerprint density at radius 2 is 2.00 bits per heavy atom. The molecular weight excluding hydrogens is 226 g/mol. The van der Waals surface area contributed by atoms with Crippen molar-refractivity contribution in [2.75, 3.05) is 6.61 Å². The van der Waals surface area contributed by atoms with Crippen molar-refractivity contribution in [3.63, 3.8) is 0 Å². The molecule has 9 heteroatoms. The highest BCUT2D eigenvalue weighted by Crippen LogP contribution is 2.37. The summed E-state index contributed by atoms with van der Waals surface area (Å²) in [6.07, 6.45) is -3.13. The molecule has 1 saturated heterocycles. The Morgan fingerprint density at radius 1 is 1.40 bits per heavy atom. The minimum Gasteiger partial charge on any atom is -0.388 e. The quantitative estimate of drug-likeness (QED) is 0.332. The molecule has 1 aliphatic rings. The van der Waals surface area contributed by atoms with Gasteiger partial charge in [0.25, 0.3) is 0 Å². The fourth-order valence-corrected chi connectivity index (χ4v) is 1.81. The van der Waals surface area contributed by atoms with Crippen molar-refractivity contribution in [3.8, 4) is 0 Å². The molecule has 15 heavy (non-hydrogen) atoms. The third-order valence-electron chi connectivity index (χ3n) is 2.27. The Balaban J connectivity index is 2.47. The molecule has 0 aromatic rings. The average molecular weight is 240 g/mol. The summed E-state index contributed by atoms with van der Waals surface area (Å²) in [7, 11) is -4.06. The molecule has 0 radical (unpaired) electrons. The molecule has 1 rings (SSSR count). The summed E-state index contributed by atoms with van der Waals surface area (Å²) in [5.41, 5.74) is 0. The highest BCUT2D eigenvalue weighted by Gasteiger charge is 2.42. The Hall–Kier alpha value is 0.0549. The molecular formula is C6H14BO7P. The fourth-order valence-electron chi connectivity index (χ4n) is 1.47. The van der Waals surface area contributed by atoms with Crippen molar-refractivity contribution in [3.05, 3.63) is 0 Å². The lowest BCUT2D eigenvalue weighted by Gasteiger charge is -2.14. The van der Waals surface area contributed by atoms with Crippen molar-refractivity contribution in [1.29, 1.82) is 0 Å². The summed E-state index contributed by atoms with van der Waals surface area (Å²) in [6.45, 7) is 1.33. The van der Waals surface area contributed by atoms with Crippen molar-refractivity contribution >= 4 is 15.1 Å². The van der Waals surface area contributed by atoms with E-state index < -0.39 is 38.7 Å². The van der Waals surface area contributed by atoms with Gasteiger partial charge in [-0.2, -0.15) is 0 Å². The zero-order valence-electron chi connectivity index (χ0n) is 8.18. The molecule has 4 N–H and O–H groups in total. The van der Waals surface area contributed by atoms with Gasteiger partial charge in [0, 0.05) is 0 Å². The standard InChI is InChI=1S/C6H14BO7P/c1-7-6-5(9)4(8)3(14-6)2-13-15(10,11)12/h3-9H,2H2,1H3,(H2,10,11,12)/t3-,4+,5+,6-/m1/s1. The minimum atomic E-state index is -4.57. The van der Waals surface area contributed by atoms with Crippen LogP contribution >= 0.6 is 7.82 Å². The zero-order valence-corrected chi connectivity index (χ0v) is 9.08. The molecule has 0 aliphatic carbocycles. The van der Waals surface area contributed by atoms with Crippen LogP contribution in [0.25, 0.3) is 0 Å². The average Bonchev–Trinajstić information content (AvgIpc) is 2.40. The van der Waals surface area contributed by atoms with Gasteiger partial charge in [0.15, 0.2) is 7.28 Å². The molecule has 0 aromatic heterocycles. The maximum absolute atomic E-state index is 10.4. The highest BCUT2D eigenvalue weighted by atomic mass is 31.2. The van der Waals surface area contributed by atoms with E-state index in [0.717, 1.165) is 0 Å². The molecule has 4 atom stereocenters. The first kappa shape index (κ1) is 13.1. The SMILES string of the molecule is CB[C@@H]1O[C@H](COP(=O)(O)O)[C@H](O)[C@@H]1O. The van der Waals surface area contributed by atoms with Crippen LogP contribution < -0.4 is 0 Å². The van der Waals surface area contributed by atoms with Crippen LogP contribution in [0.15, 0.2) is 0 Å². The van der Waals surface area contributed by atoms with E-state index in [4.69, 9.17) is 14.5 Å². The molecule has 1 aliphatic heterocycles. The first-order valence-electron chi connectivity index (χ1n) is 4.57. The number of hydrogen-bond acceptors (Lipinski definition) is 5. The van der Waals surface area contributed by atoms with Crippen molar-refractivity contribution < 1.29 is 33.8 Å². The van der Waals surface area contributed by atoms with Crippen LogP contribution in [0.1, 0.15) is 0 Å². The van der Waals surface area contributed by atoms with E-state index >= 15 is 0 Å². The smallest absolute Gasteiger partial charge is 0.388 e. The van der Waals surface area contributed by atoms with E-state index in [0.29, 0.717) is 7.28 Å². The third-order valence-corrected chi connectivity index (χ3v) is 2.76. The summed E-state index contributed by atoms with van der Waals surface area (Å²) in [6, 6.07) is -0.523. The van der Waals surface area contributed by atoms with Gasteiger partial charge in [-0.1, -0.05) is 6.82 Å². The van der Waals surface area contributed by atoms with Gasteiger partial charge in [0.2, 0.25) is 0 Å². The molecule has 0 spiro atoms. The Bertz CT molecular complexity index is 256. The van der Waals surface area contributed by atoms with Gasteiger partial charge in [-0.05, 0) is 0 Å². The molecule has 0 bridgehead atoms. The molecule has 0 unspecified atom stereocenters. The van der Waals surface area contributed by atoms with Crippen LogP contribution in [0.2, 0.25) is 6.82 Å². The second-order valence-electron chi connectivity index (χ2n) is 3.39. The van der Waals surface area contributed by atoms with E-state index in [2.05, 4.69) is 4.52 Å². The van der Waals surface area contributed by atoms with Gasteiger partial charge in [0.1, 0.15) is 18.3 Å². The summed E-state index contributed by atoms with van der Waals surface area (Å²) in [5, 5.41) is 18.9. The van der Waals surface area contributed by atoms with E-state index in [9.17, 15) is 14.8 Å². The van der Waals surface area contributed by atoms with Gasteiger partial charge >= 0.3 is 7.82 Å². The molecule has 7 nitrogen and oxygen atoms in total. The van der Waals surface area contributed by atoms with Crippen LogP contribution in [0.5, 0.6) is 0 Å². The number of phosphoric acid groups is 1. The fraction of sp³-hybridized carbons (Fsp3) is 1.00. The van der Waals surface area contributed by atoms with E-state index in [1.54, 1.807) is 6.82 Å². The molecule has 88 valence electrons. The van der Waals surface area contributed by atoms with Gasteiger partial charge < -0.3 is 24.7 Å². The van der Waals surface area contributed by atoms with E-state index in [1.165, 1.54) is 0 Å². The number of rotatable bonds is 4. The normalized spacial score (nSPS) is 36.9. The predicted octanol–water partition coefficient (Wildman–Crippen LogP) is -1.97. The molecule has 1 heterocycles. The number of phosphoric ester groups is 1. The highest BCUT2D eigenvalue weighted by molar-refractivity contribution is 7.46. The monoisotopic (exact) mass is 240 g/mol. The minimum absolute atomic E-state index is 0.445. The van der Waals surface area contributed by atoms with Gasteiger partial charge in [-0.3, -0.25) is 4.52 Å². The van der Waals surface area contributed by atoms with E-state index in [1.807, 2.05) is 0 Å². The summed E-state index contributed by atoms with van der Waals surface area (Å²) in [4.78, 5) is 16.9. The van der Waals surface area contributed by atoms with Crippen LogP contribution in [0.3, 0.4) is 0 Å². The maximum Gasteiger partial charge on any atom is 0.469 e. The van der Waals surface area contributed by atoms with Gasteiger partial charge in [0.05, 0.1) is 12.6 Å². The Morgan fingerprint density at radius 3 is 2.40 bits per heavy atom. The number of ether oxygens (including phenoxy) is 1. The maximum atomic E-state index is 10.4. The molecule has 0 amide bonds. The van der Waals surface area contributed by atoms with Crippen LogP contribution in [-0.2, 0) is 13.8 Å². The predicted molar refractivity (Wildman–Crippen MR) is 51.7 cm³/mol. The summed E-state index contributed by atoms with van der Waals surface area (Å²) >= 11 is 0. The van der Waals surface area contributed by atoms with Crippen molar-refractivity contribution in [2.24, 2.45) is 0 Å². The van der Waals surface area contributed by atoms with E-state index in [-0.39, 0.29) is 0 Å². The van der Waals surface area contributed by atoms with Gasteiger partial charge in [-0.15, -0.1) is 0 Å². The lowest BCUT2D eigenvalue weighted by molar-refractivity contribution is -0.00898. The third kappa shape index (κ3) is 3.53. The van der Waals surface area contributed by atoms with Crippen LogP contribution in [0, 0.1) is 0 Å². The molecule has 0 aromatic carbocycles. The topological polar surface area (TPSA) is 116 Å². The second-order valence-corrected chi connectivity index (χ2v) is 4.63. The molecule has 0 saturated carbocycles. The largest absolute Gasteiger partial charge is 0.469 e. The Kier molecular flexibility index (Phi) is 4.31. The zero-order chi connectivity index (χ0) is 11.6. The summed E-state index contributed by atoms with van der Waals surface area (Å²) in [5.74, 6) is 0. The lowest BCUT2D eigenvalue weighted by Crippen LogP contribution is -2.35. The summed E-state index contributed by atoms with van der Waals surface area (Å²) < 4.78 is 19.8.